The Labute approximate surface area is 182 Å². The molecule has 2 heterocycles. The predicted octanol–water partition coefficient (Wildman–Crippen LogP) is 5.01. The lowest BCUT2D eigenvalue weighted by Gasteiger charge is -2.36. The van der Waals surface area contributed by atoms with Gasteiger partial charge in [-0.3, -0.25) is 9.69 Å². The van der Waals surface area contributed by atoms with Gasteiger partial charge in [0, 0.05) is 25.0 Å². The van der Waals surface area contributed by atoms with Gasteiger partial charge in [-0.25, -0.2) is 4.98 Å². The van der Waals surface area contributed by atoms with Crippen LogP contribution in [0.3, 0.4) is 0 Å². The van der Waals surface area contributed by atoms with Gasteiger partial charge in [0.05, 0.1) is 21.8 Å². The molecule has 30 heavy (non-hydrogen) atoms. The van der Waals surface area contributed by atoms with Crippen molar-refractivity contribution >= 4 is 27.5 Å². The van der Waals surface area contributed by atoms with Gasteiger partial charge in [0.1, 0.15) is 0 Å². The summed E-state index contributed by atoms with van der Waals surface area (Å²) in [5.41, 5.74) is 3.96. The van der Waals surface area contributed by atoms with E-state index < -0.39 is 0 Å². The Hall–Kier alpha value is -2.24. The second kappa shape index (κ2) is 8.48. The van der Waals surface area contributed by atoms with Gasteiger partial charge in [0.15, 0.2) is 0 Å². The summed E-state index contributed by atoms with van der Waals surface area (Å²) in [6, 6.07) is 17.5. The Bertz CT molecular complexity index is 1000. The van der Waals surface area contributed by atoms with Crippen LogP contribution >= 0.6 is 11.3 Å². The maximum Gasteiger partial charge on any atom is 0.236 e. The van der Waals surface area contributed by atoms with Gasteiger partial charge in [-0.15, -0.1) is 11.3 Å². The molecular formula is C25H29N3OS. The smallest absolute Gasteiger partial charge is 0.236 e. The molecule has 1 aliphatic carbocycles. The van der Waals surface area contributed by atoms with Crippen molar-refractivity contribution in [1.82, 2.24) is 14.8 Å². The summed E-state index contributed by atoms with van der Waals surface area (Å²) in [5.74, 6) is 0.748. The summed E-state index contributed by atoms with van der Waals surface area (Å²) in [5, 5.41) is 1.24. The highest BCUT2D eigenvalue weighted by molar-refractivity contribution is 7.18. The van der Waals surface area contributed by atoms with E-state index in [0.717, 1.165) is 44.3 Å². The van der Waals surface area contributed by atoms with E-state index in [-0.39, 0.29) is 5.91 Å². The first kappa shape index (κ1) is 19.7. The van der Waals surface area contributed by atoms with Crippen molar-refractivity contribution in [2.75, 3.05) is 26.7 Å². The van der Waals surface area contributed by atoms with Crippen molar-refractivity contribution < 1.29 is 4.79 Å². The molecule has 0 radical (unpaired) electrons. The van der Waals surface area contributed by atoms with Crippen LogP contribution in [0.15, 0.2) is 48.5 Å². The van der Waals surface area contributed by atoms with Crippen molar-refractivity contribution in [3.05, 3.63) is 64.7 Å². The van der Waals surface area contributed by atoms with E-state index >= 15 is 0 Å². The van der Waals surface area contributed by atoms with E-state index in [1.807, 2.05) is 17.4 Å². The van der Waals surface area contributed by atoms with Gasteiger partial charge in [-0.1, -0.05) is 36.4 Å². The maximum absolute atomic E-state index is 13.0. The summed E-state index contributed by atoms with van der Waals surface area (Å²) < 4.78 is 1.26. The number of likely N-dealkylation sites (tertiary alicyclic amines) is 1. The topological polar surface area (TPSA) is 36.4 Å². The number of amides is 1. The average Bonchev–Trinajstić information content (AvgIpc) is 3.23. The van der Waals surface area contributed by atoms with Crippen molar-refractivity contribution in [2.45, 2.75) is 44.1 Å². The third-order valence-corrected chi connectivity index (χ3v) is 7.96. The molecule has 2 aliphatic rings. The molecule has 1 aromatic heterocycles. The molecule has 1 atom stereocenters. The van der Waals surface area contributed by atoms with Gasteiger partial charge in [0.2, 0.25) is 5.91 Å². The number of para-hydroxylation sites is 1. The third kappa shape index (κ3) is 3.88. The number of piperidine rings is 1. The number of nitrogens with zero attached hydrogens (tertiary/aromatic N) is 3. The molecule has 1 unspecified atom stereocenters. The minimum atomic E-state index is 0.267. The molecule has 0 N–H and O–H groups in total. The summed E-state index contributed by atoms with van der Waals surface area (Å²) >= 11 is 1.81. The van der Waals surface area contributed by atoms with Crippen molar-refractivity contribution in [2.24, 2.45) is 0 Å². The number of fused-ring (bicyclic) bond motifs is 2. The first-order valence-corrected chi connectivity index (χ1v) is 11.9. The quantitative estimate of drug-likeness (QED) is 0.596. The fourth-order valence-corrected chi connectivity index (χ4v) is 6.19. The van der Waals surface area contributed by atoms with Crippen LogP contribution in [0.2, 0.25) is 0 Å². The normalized spacial score (nSPS) is 19.9. The Morgan fingerprint density at radius 3 is 2.70 bits per heavy atom. The van der Waals surface area contributed by atoms with Crippen LogP contribution in [0.4, 0.5) is 0 Å². The number of benzene rings is 2. The zero-order chi connectivity index (χ0) is 20.5. The van der Waals surface area contributed by atoms with Crippen LogP contribution < -0.4 is 0 Å². The monoisotopic (exact) mass is 419 g/mol. The minimum absolute atomic E-state index is 0.267. The zero-order valence-corrected chi connectivity index (χ0v) is 18.4. The molecule has 2 aromatic carbocycles. The standard InChI is InChI=1S/C25H29N3OS/c1-27(22-11-6-8-18-7-2-3-9-20(18)22)17-24(29)28-15-13-19(14-16-28)25-26-21-10-4-5-12-23(21)30-25/h2-5,7,9-10,12,19,22H,6,8,11,13-17H2,1H3. The number of likely N-dealkylation sites (N-methyl/N-ethyl adjacent to an activating group) is 1. The van der Waals surface area contributed by atoms with Gasteiger partial charge >= 0.3 is 0 Å². The van der Waals surface area contributed by atoms with Crippen molar-refractivity contribution in [3.8, 4) is 0 Å². The Balaban J connectivity index is 1.19. The van der Waals surface area contributed by atoms with E-state index in [4.69, 9.17) is 4.98 Å². The number of aryl methyl sites for hydroxylation is 1. The lowest BCUT2D eigenvalue weighted by Crippen LogP contribution is -2.44. The number of thiazole rings is 1. The summed E-state index contributed by atoms with van der Waals surface area (Å²) in [6.45, 7) is 2.19. The molecule has 0 saturated carbocycles. The molecule has 0 spiro atoms. The van der Waals surface area contributed by atoms with Gasteiger partial charge in [-0.05, 0) is 62.4 Å². The predicted molar refractivity (Wildman–Crippen MR) is 123 cm³/mol. The van der Waals surface area contributed by atoms with Crippen LogP contribution in [0, 0.1) is 0 Å². The Morgan fingerprint density at radius 1 is 1.10 bits per heavy atom. The fraction of sp³-hybridized carbons (Fsp3) is 0.440. The Morgan fingerprint density at radius 2 is 1.87 bits per heavy atom. The second-order valence-corrected chi connectivity index (χ2v) is 9.76. The molecule has 156 valence electrons. The van der Waals surface area contributed by atoms with Crippen LogP contribution in [-0.2, 0) is 11.2 Å². The van der Waals surface area contributed by atoms with E-state index in [2.05, 4.69) is 59.3 Å². The van der Waals surface area contributed by atoms with E-state index in [0.29, 0.717) is 18.5 Å². The first-order valence-electron chi connectivity index (χ1n) is 11.1. The fourth-order valence-electron chi connectivity index (χ4n) is 5.05. The summed E-state index contributed by atoms with van der Waals surface area (Å²) in [7, 11) is 2.11. The molecule has 1 saturated heterocycles. The highest BCUT2D eigenvalue weighted by Gasteiger charge is 2.29. The average molecular weight is 420 g/mol. The lowest BCUT2D eigenvalue weighted by molar-refractivity contribution is -0.133. The molecule has 0 bridgehead atoms. The first-order chi connectivity index (χ1) is 14.7. The molecule has 3 aromatic rings. The molecule has 5 heteroatoms. The van der Waals surface area contributed by atoms with E-state index in [9.17, 15) is 4.79 Å². The molecule has 5 rings (SSSR count). The van der Waals surface area contributed by atoms with Crippen LogP contribution in [0.5, 0.6) is 0 Å². The largest absolute Gasteiger partial charge is 0.342 e. The second-order valence-electron chi connectivity index (χ2n) is 8.70. The number of aromatic nitrogens is 1. The maximum atomic E-state index is 13.0. The van der Waals surface area contributed by atoms with Gasteiger partial charge in [0.25, 0.3) is 0 Å². The molecule has 1 aliphatic heterocycles. The van der Waals surface area contributed by atoms with Gasteiger partial charge < -0.3 is 4.90 Å². The SMILES string of the molecule is CN(CC(=O)N1CCC(c2nc3ccccc3s2)CC1)C1CCCc2ccccc21. The summed E-state index contributed by atoms with van der Waals surface area (Å²) in [6.07, 6.45) is 5.53. The van der Waals surface area contributed by atoms with Crippen LogP contribution in [0.25, 0.3) is 10.2 Å². The lowest BCUT2D eigenvalue weighted by atomic mass is 9.87. The highest BCUT2D eigenvalue weighted by atomic mass is 32.1. The van der Waals surface area contributed by atoms with Crippen LogP contribution in [0.1, 0.15) is 53.8 Å². The van der Waals surface area contributed by atoms with E-state index in [1.165, 1.54) is 27.3 Å². The molecular weight excluding hydrogens is 390 g/mol. The van der Waals surface area contributed by atoms with Gasteiger partial charge in [-0.2, -0.15) is 0 Å². The number of rotatable bonds is 4. The third-order valence-electron chi connectivity index (χ3n) is 6.76. The molecule has 4 nitrogen and oxygen atoms in total. The number of hydrogen-bond acceptors (Lipinski definition) is 4. The Kier molecular flexibility index (Phi) is 5.57. The van der Waals surface area contributed by atoms with E-state index in [1.54, 1.807) is 0 Å². The highest BCUT2D eigenvalue weighted by Crippen LogP contribution is 2.35. The number of carbonyl (C=O) groups is 1. The minimum Gasteiger partial charge on any atom is -0.342 e. The van der Waals surface area contributed by atoms with Crippen molar-refractivity contribution in [1.29, 1.82) is 0 Å². The molecule has 1 fully saturated rings. The number of hydrogen-bond donors (Lipinski definition) is 0. The molecule has 1 amide bonds. The zero-order valence-electron chi connectivity index (χ0n) is 17.6. The summed E-state index contributed by atoms with van der Waals surface area (Å²) in [4.78, 5) is 22.2. The van der Waals surface area contributed by atoms with Crippen LogP contribution in [-0.4, -0.2) is 47.4 Å². The van der Waals surface area contributed by atoms with Crippen molar-refractivity contribution in [3.63, 3.8) is 0 Å². The number of carbonyl (C=O) groups excluding carboxylic acids is 1.